The van der Waals surface area contributed by atoms with Crippen molar-refractivity contribution in [3.05, 3.63) is 100 Å². The summed E-state index contributed by atoms with van der Waals surface area (Å²) in [4.78, 5) is 37.2. The number of hydrogen-bond donors (Lipinski definition) is 2. The van der Waals surface area contributed by atoms with Gasteiger partial charge in [0.25, 0.3) is 11.5 Å². The normalized spacial score (nSPS) is 10.6. The van der Waals surface area contributed by atoms with Crippen molar-refractivity contribution in [2.24, 2.45) is 7.05 Å². The molecule has 0 radical (unpaired) electrons. The first-order valence-electron chi connectivity index (χ1n) is 9.72. The monoisotopic (exact) mass is 412 g/mol. The molecule has 0 bridgehead atoms. The van der Waals surface area contributed by atoms with E-state index in [1.165, 1.54) is 4.68 Å². The molecule has 4 rings (SSSR count). The SMILES string of the molecule is Cn1nc(CC(=O)Nc2cccc(NC(=O)c3ccccc3)c2)c2ccccc2c1=O. The van der Waals surface area contributed by atoms with Gasteiger partial charge in [-0.3, -0.25) is 14.4 Å². The molecule has 0 aliphatic carbocycles. The van der Waals surface area contributed by atoms with Gasteiger partial charge in [0.1, 0.15) is 0 Å². The van der Waals surface area contributed by atoms with Crippen LogP contribution >= 0.6 is 0 Å². The quantitative estimate of drug-likeness (QED) is 0.526. The first-order chi connectivity index (χ1) is 15.0. The first kappa shape index (κ1) is 20.0. The molecular weight excluding hydrogens is 392 g/mol. The van der Waals surface area contributed by atoms with E-state index in [0.29, 0.717) is 33.4 Å². The van der Waals surface area contributed by atoms with Crippen molar-refractivity contribution in [3.8, 4) is 0 Å². The Morgan fingerprint density at radius 3 is 2.23 bits per heavy atom. The van der Waals surface area contributed by atoms with Crippen LogP contribution in [0, 0.1) is 0 Å². The largest absolute Gasteiger partial charge is 0.326 e. The minimum atomic E-state index is -0.275. The highest BCUT2D eigenvalue weighted by Crippen LogP contribution is 2.18. The molecule has 31 heavy (non-hydrogen) atoms. The van der Waals surface area contributed by atoms with Crippen LogP contribution in [-0.4, -0.2) is 21.6 Å². The van der Waals surface area contributed by atoms with Crippen LogP contribution in [0.15, 0.2) is 83.7 Å². The lowest BCUT2D eigenvalue weighted by molar-refractivity contribution is -0.115. The summed E-state index contributed by atoms with van der Waals surface area (Å²) in [5.41, 5.74) is 1.97. The zero-order chi connectivity index (χ0) is 21.8. The highest BCUT2D eigenvalue weighted by molar-refractivity contribution is 6.04. The van der Waals surface area contributed by atoms with Gasteiger partial charge >= 0.3 is 0 Å². The number of benzene rings is 3. The number of anilines is 2. The summed E-state index contributed by atoms with van der Waals surface area (Å²) in [5, 5.41) is 11.1. The maximum atomic E-state index is 12.7. The van der Waals surface area contributed by atoms with Crippen molar-refractivity contribution < 1.29 is 9.59 Å². The van der Waals surface area contributed by atoms with E-state index in [1.807, 2.05) is 12.1 Å². The van der Waals surface area contributed by atoms with E-state index in [4.69, 9.17) is 0 Å². The molecule has 1 aromatic heterocycles. The van der Waals surface area contributed by atoms with Crippen LogP contribution in [0.5, 0.6) is 0 Å². The van der Waals surface area contributed by atoms with Gasteiger partial charge in [0, 0.05) is 29.4 Å². The lowest BCUT2D eigenvalue weighted by Crippen LogP contribution is -2.24. The number of aryl methyl sites for hydroxylation is 1. The number of hydrogen-bond acceptors (Lipinski definition) is 4. The molecule has 1 heterocycles. The molecule has 7 nitrogen and oxygen atoms in total. The van der Waals surface area contributed by atoms with E-state index in [9.17, 15) is 14.4 Å². The van der Waals surface area contributed by atoms with Gasteiger partial charge in [0.15, 0.2) is 0 Å². The Balaban J connectivity index is 1.49. The van der Waals surface area contributed by atoms with E-state index in [2.05, 4.69) is 15.7 Å². The number of nitrogens with zero attached hydrogens (tertiary/aromatic N) is 2. The summed E-state index contributed by atoms with van der Waals surface area (Å²) in [7, 11) is 1.56. The molecule has 0 unspecified atom stereocenters. The highest BCUT2D eigenvalue weighted by Gasteiger charge is 2.13. The minimum Gasteiger partial charge on any atom is -0.326 e. The summed E-state index contributed by atoms with van der Waals surface area (Å²) >= 11 is 0. The fourth-order valence-electron chi connectivity index (χ4n) is 3.33. The molecule has 0 fully saturated rings. The Kier molecular flexibility index (Phi) is 5.57. The van der Waals surface area contributed by atoms with E-state index in [-0.39, 0.29) is 23.8 Å². The molecular formula is C24H20N4O3. The topological polar surface area (TPSA) is 93.1 Å². The van der Waals surface area contributed by atoms with Gasteiger partial charge in [0.2, 0.25) is 5.91 Å². The number of aromatic nitrogens is 2. The molecule has 2 amide bonds. The van der Waals surface area contributed by atoms with E-state index < -0.39 is 0 Å². The zero-order valence-corrected chi connectivity index (χ0v) is 16.8. The van der Waals surface area contributed by atoms with Crippen molar-refractivity contribution in [2.45, 2.75) is 6.42 Å². The molecule has 0 saturated carbocycles. The molecule has 3 aromatic carbocycles. The van der Waals surface area contributed by atoms with Crippen molar-refractivity contribution >= 4 is 34.0 Å². The number of fused-ring (bicyclic) bond motifs is 1. The summed E-state index contributed by atoms with van der Waals surface area (Å²) in [5.74, 6) is -0.507. The van der Waals surface area contributed by atoms with Crippen LogP contribution in [0.25, 0.3) is 10.8 Å². The Morgan fingerprint density at radius 2 is 1.48 bits per heavy atom. The van der Waals surface area contributed by atoms with Gasteiger partial charge in [-0.1, -0.05) is 42.5 Å². The Labute approximate surface area is 178 Å². The number of nitrogens with one attached hydrogen (secondary N) is 2. The fraction of sp³-hybridized carbons (Fsp3) is 0.0833. The van der Waals surface area contributed by atoms with Crippen LogP contribution in [0.2, 0.25) is 0 Å². The van der Waals surface area contributed by atoms with Crippen molar-refractivity contribution in [1.29, 1.82) is 0 Å². The third-order valence-corrected chi connectivity index (χ3v) is 4.80. The van der Waals surface area contributed by atoms with Gasteiger partial charge in [0.05, 0.1) is 17.5 Å². The predicted molar refractivity (Wildman–Crippen MR) is 120 cm³/mol. The summed E-state index contributed by atoms with van der Waals surface area (Å²) < 4.78 is 1.24. The Bertz CT molecular complexity index is 1330. The van der Waals surface area contributed by atoms with Crippen LogP contribution in [0.3, 0.4) is 0 Å². The standard InChI is InChI=1S/C24H20N4O3/c1-28-24(31)20-13-6-5-12-19(20)21(27-28)15-22(29)25-17-10-7-11-18(14-17)26-23(30)16-8-3-2-4-9-16/h2-14H,15H2,1H3,(H,25,29)(H,26,30). The second kappa shape index (κ2) is 8.62. The highest BCUT2D eigenvalue weighted by atomic mass is 16.2. The van der Waals surface area contributed by atoms with Gasteiger partial charge in [-0.05, 0) is 36.4 Å². The lowest BCUT2D eigenvalue weighted by Gasteiger charge is -2.10. The lowest BCUT2D eigenvalue weighted by atomic mass is 10.1. The molecule has 4 aromatic rings. The molecule has 0 aliphatic heterocycles. The minimum absolute atomic E-state index is 0.00916. The molecule has 2 N–H and O–H groups in total. The van der Waals surface area contributed by atoms with E-state index in [1.54, 1.807) is 73.8 Å². The molecule has 7 heteroatoms. The van der Waals surface area contributed by atoms with Gasteiger partial charge < -0.3 is 10.6 Å². The number of carbonyl (C=O) groups is 2. The Hall–Kier alpha value is -4.26. The Morgan fingerprint density at radius 1 is 0.839 bits per heavy atom. The predicted octanol–water partition coefficient (Wildman–Crippen LogP) is 3.37. The maximum absolute atomic E-state index is 12.7. The molecule has 0 aliphatic rings. The van der Waals surface area contributed by atoms with Crippen molar-refractivity contribution in [1.82, 2.24) is 9.78 Å². The second-order valence-corrected chi connectivity index (χ2v) is 7.05. The molecule has 0 saturated heterocycles. The van der Waals surface area contributed by atoms with Crippen molar-refractivity contribution in [2.75, 3.05) is 10.6 Å². The summed E-state index contributed by atoms with van der Waals surface area (Å²) in [6, 6.07) is 22.9. The molecule has 0 atom stereocenters. The molecule has 0 spiro atoms. The van der Waals surface area contributed by atoms with Gasteiger partial charge in [-0.25, -0.2) is 4.68 Å². The second-order valence-electron chi connectivity index (χ2n) is 7.05. The number of amides is 2. The fourth-order valence-corrected chi connectivity index (χ4v) is 3.33. The van der Waals surface area contributed by atoms with E-state index in [0.717, 1.165) is 0 Å². The van der Waals surface area contributed by atoms with E-state index >= 15 is 0 Å². The van der Waals surface area contributed by atoms with Gasteiger partial charge in [-0.15, -0.1) is 0 Å². The number of rotatable bonds is 5. The van der Waals surface area contributed by atoms with Crippen LogP contribution in [0.4, 0.5) is 11.4 Å². The number of carbonyl (C=O) groups excluding carboxylic acids is 2. The van der Waals surface area contributed by atoms with Crippen LogP contribution in [0.1, 0.15) is 16.1 Å². The van der Waals surface area contributed by atoms with Gasteiger partial charge in [-0.2, -0.15) is 5.10 Å². The zero-order valence-electron chi connectivity index (χ0n) is 16.8. The van der Waals surface area contributed by atoms with Crippen molar-refractivity contribution in [3.63, 3.8) is 0 Å². The van der Waals surface area contributed by atoms with Crippen LogP contribution < -0.4 is 16.2 Å². The smallest absolute Gasteiger partial charge is 0.274 e. The third-order valence-electron chi connectivity index (χ3n) is 4.80. The first-order valence-corrected chi connectivity index (χ1v) is 9.72. The van der Waals surface area contributed by atoms with Crippen LogP contribution in [-0.2, 0) is 18.3 Å². The maximum Gasteiger partial charge on any atom is 0.274 e. The summed E-state index contributed by atoms with van der Waals surface area (Å²) in [6.45, 7) is 0. The average molecular weight is 412 g/mol. The summed E-state index contributed by atoms with van der Waals surface area (Å²) in [6.07, 6.45) is 0.00916. The molecule has 154 valence electrons. The average Bonchev–Trinajstić information content (AvgIpc) is 2.78. The third kappa shape index (κ3) is 4.51.